The Balaban J connectivity index is 1.75. The smallest absolute Gasteiger partial charge is 0.229 e. The van der Waals surface area contributed by atoms with Crippen molar-refractivity contribution in [2.24, 2.45) is 0 Å². The molecule has 0 saturated heterocycles. The van der Waals surface area contributed by atoms with Crippen LogP contribution in [0.4, 0.5) is 5.69 Å². The lowest BCUT2D eigenvalue weighted by atomic mass is 10.2. The topological polar surface area (TPSA) is 47.6 Å². The van der Waals surface area contributed by atoms with E-state index in [1.807, 2.05) is 17.5 Å². The third-order valence-corrected chi connectivity index (χ3v) is 4.22. The number of anilines is 1. The highest BCUT2D eigenvalue weighted by Gasteiger charge is 2.15. The SMILES string of the molecule is O=C(Cc1cccs1)Nc1cc2c(cc1Cl)OCCCO2. The number of benzene rings is 1. The van der Waals surface area contributed by atoms with E-state index in [4.69, 9.17) is 21.1 Å². The summed E-state index contributed by atoms with van der Waals surface area (Å²) in [6.07, 6.45) is 1.16. The Hall–Kier alpha value is -1.72. The average molecular weight is 324 g/mol. The molecular weight excluding hydrogens is 310 g/mol. The van der Waals surface area contributed by atoms with E-state index in [1.54, 1.807) is 23.5 Å². The predicted octanol–water partition coefficient (Wildman–Crippen LogP) is 3.74. The maximum Gasteiger partial charge on any atom is 0.229 e. The summed E-state index contributed by atoms with van der Waals surface area (Å²) in [5, 5.41) is 5.21. The number of carbonyl (C=O) groups excluding carboxylic acids is 1. The normalized spacial score (nSPS) is 13.6. The van der Waals surface area contributed by atoms with E-state index < -0.39 is 0 Å². The van der Waals surface area contributed by atoms with Crippen molar-refractivity contribution in [1.29, 1.82) is 0 Å². The molecule has 6 heteroatoms. The van der Waals surface area contributed by atoms with Crippen molar-refractivity contribution in [3.05, 3.63) is 39.5 Å². The molecule has 110 valence electrons. The Morgan fingerprint density at radius 2 is 2.05 bits per heavy atom. The maximum atomic E-state index is 12.0. The van der Waals surface area contributed by atoms with Crippen LogP contribution in [0.3, 0.4) is 0 Å². The number of carbonyl (C=O) groups is 1. The number of fused-ring (bicyclic) bond motifs is 1. The third-order valence-electron chi connectivity index (χ3n) is 3.03. The van der Waals surface area contributed by atoms with E-state index in [1.165, 1.54) is 0 Å². The second kappa shape index (κ2) is 6.37. The second-order valence-electron chi connectivity index (χ2n) is 4.63. The van der Waals surface area contributed by atoms with Crippen LogP contribution in [0, 0.1) is 0 Å². The van der Waals surface area contributed by atoms with Crippen LogP contribution in [-0.2, 0) is 11.2 Å². The first kappa shape index (κ1) is 14.2. The summed E-state index contributed by atoms with van der Waals surface area (Å²) >= 11 is 7.75. The Bertz CT molecular complexity index is 643. The Morgan fingerprint density at radius 1 is 1.29 bits per heavy atom. The summed E-state index contributed by atoms with van der Waals surface area (Å²) in [5.74, 6) is 1.13. The highest BCUT2D eigenvalue weighted by molar-refractivity contribution is 7.10. The zero-order chi connectivity index (χ0) is 14.7. The highest BCUT2D eigenvalue weighted by atomic mass is 35.5. The Kier molecular flexibility index (Phi) is 4.31. The molecule has 2 heterocycles. The summed E-state index contributed by atoms with van der Waals surface area (Å²) in [7, 11) is 0. The van der Waals surface area contributed by atoms with Crippen LogP contribution < -0.4 is 14.8 Å². The van der Waals surface area contributed by atoms with E-state index in [0.717, 1.165) is 11.3 Å². The van der Waals surface area contributed by atoms with Gasteiger partial charge in [0.25, 0.3) is 0 Å². The summed E-state index contributed by atoms with van der Waals surface area (Å²) < 4.78 is 11.2. The fourth-order valence-corrected chi connectivity index (χ4v) is 2.95. The molecule has 4 nitrogen and oxygen atoms in total. The summed E-state index contributed by atoms with van der Waals surface area (Å²) in [6, 6.07) is 7.26. The van der Waals surface area contributed by atoms with Gasteiger partial charge in [0.1, 0.15) is 0 Å². The molecular formula is C15H14ClNO3S. The highest BCUT2D eigenvalue weighted by Crippen LogP contribution is 2.37. The van der Waals surface area contributed by atoms with Crippen LogP contribution in [0.15, 0.2) is 29.6 Å². The van der Waals surface area contributed by atoms with Crippen LogP contribution in [0.5, 0.6) is 11.5 Å². The fraction of sp³-hybridized carbons (Fsp3) is 0.267. The zero-order valence-electron chi connectivity index (χ0n) is 11.2. The molecule has 3 rings (SSSR count). The fourth-order valence-electron chi connectivity index (χ4n) is 2.05. The van der Waals surface area contributed by atoms with Crippen molar-refractivity contribution in [1.82, 2.24) is 0 Å². The molecule has 1 aromatic carbocycles. The van der Waals surface area contributed by atoms with Gasteiger partial charge < -0.3 is 14.8 Å². The van der Waals surface area contributed by atoms with Crippen LogP contribution in [-0.4, -0.2) is 19.1 Å². The third kappa shape index (κ3) is 3.49. The summed E-state index contributed by atoms with van der Waals surface area (Å²) in [6.45, 7) is 1.20. The lowest BCUT2D eigenvalue weighted by Crippen LogP contribution is -2.14. The molecule has 1 aliphatic heterocycles. The van der Waals surface area contributed by atoms with Gasteiger partial charge in [0.15, 0.2) is 11.5 Å². The molecule has 1 amide bonds. The first-order valence-corrected chi connectivity index (χ1v) is 7.89. The maximum absolute atomic E-state index is 12.0. The molecule has 0 bridgehead atoms. The van der Waals surface area contributed by atoms with E-state index in [2.05, 4.69) is 5.32 Å². The van der Waals surface area contributed by atoms with Crippen LogP contribution >= 0.6 is 22.9 Å². The molecule has 0 aliphatic carbocycles. The predicted molar refractivity (Wildman–Crippen MR) is 83.7 cm³/mol. The number of thiophene rings is 1. The van der Waals surface area contributed by atoms with Gasteiger partial charge in [0.05, 0.1) is 30.3 Å². The van der Waals surface area contributed by atoms with Gasteiger partial charge in [-0.25, -0.2) is 0 Å². The van der Waals surface area contributed by atoms with Crippen molar-refractivity contribution in [2.75, 3.05) is 18.5 Å². The van der Waals surface area contributed by atoms with Crippen molar-refractivity contribution in [2.45, 2.75) is 12.8 Å². The molecule has 21 heavy (non-hydrogen) atoms. The molecule has 0 atom stereocenters. The van der Waals surface area contributed by atoms with E-state index >= 15 is 0 Å². The van der Waals surface area contributed by atoms with Gasteiger partial charge in [0.2, 0.25) is 5.91 Å². The van der Waals surface area contributed by atoms with Crippen molar-refractivity contribution >= 4 is 34.5 Å². The number of ether oxygens (including phenoxy) is 2. The van der Waals surface area contributed by atoms with Gasteiger partial charge in [-0.05, 0) is 11.4 Å². The first-order valence-electron chi connectivity index (χ1n) is 6.64. The van der Waals surface area contributed by atoms with Crippen molar-refractivity contribution < 1.29 is 14.3 Å². The number of hydrogen-bond donors (Lipinski definition) is 1. The second-order valence-corrected chi connectivity index (χ2v) is 6.07. The van der Waals surface area contributed by atoms with Crippen LogP contribution in [0.1, 0.15) is 11.3 Å². The van der Waals surface area contributed by atoms with Gasteiger partial charge in [-0.2, -0.15) is 0 Å². The molecule has 0 radical (unpaired) electrons. The monoisotopic (exact) mass is 323 g/mol. The Labute approximate surface area is 131 Å². The summed E-state index contributed by atoms with van der Waals surface area (Å²) in [5.41, 5.74) is 0.544. The van der Waals surface area contributed by atoms with E-state index in [9.17, 15) is 4.79 Å². The number of nitrogens with one attached hydrogen (secondary N) is 1. The largest absolute Gasteiger partial charge is 0.490 e. The van der Waals surface area contributed by atoms with Gasteiger partial charge in [-0.1, -0.05) is 17.7 Å². The van der Waals surface area contributed by atoms with Gasteiger partial charge in [-0.15, -0.1) is 11.3 Å². The minimum atomic E-state index is -0.103. The number of hydrogen-bond acceptors (Lipinski definition) is 4. The average Bonchev–Trinajstić information content (AvgIpc) is 2.85. The van der Waals surface area contributed by atoms with Gasteiger partial charge in [0, 0.05) is 23.4 Å². The number of halogens is 1. The number of rotatable bonds is 3. The van der Waals surface area contributed by atoms with Crippen LogP contribution in [0.25, 0.3) is 0 Å². The molecule has 1 N–H and O–H groups in total. The molecule has 1 aromatic heterocycles. The molecule has 0 fully saturated rings. The minimum Gasteiger partial charge on any atom is -0.490 e. The van der Waals surface area contributed by atoms with Gasteiger partial charge >= 0.3 is 0 Å². The van der Waals surface area contributed by atoms with Crippen molar-refractivity contribution in [3.63, 3.8) is 0 Å². The lowest BCUT2D eigenvalue weighted by molar-refractivity contribution is -0.115. The number of amides is 1. The molecule has 1 aliphatic rings. The summed E-state index contributed by atoms with van der Waals surface area (Å²) in [4.78, 5) is 13.0. The standard InChI is InChI=1S/C15H14ClNO3S/c16-11-8-13-14(20-5-2-4-19-13)9-12(11)17-15(18)7-10-3-1-6-21-10/h1,3,6,8-9H,2,4-5,7H2,(H,17,18). The van der Waals surface area contributed by atoms with Gasteiger partial charge in [-0.3, -0.25) is 4.79 Å². The molecule has 2 aromatic rings. The van der Waals surface area contributed by atoms with E-state index in [-0.39, 0.29) is 5.91 Å². The zero-order valence-corrected chi connectivity index (χ0v) is 12.8. The molecule has 0 saturated carbocycles. The molecule has 0 spiro atoms. The quantitative estimate of drug-likeness (QED) is 0.936. The van der Waals surface area contributed by atoms with E-state index in [0.29, 0.717) is 41.8 Å². The van der Waals surface area contributed by atoms with Crippen molar-refractivity contribution in [3.8, 4) is 11.5 Å². The van der Waals surface area contributed by atoms with Crippen LogP contribution in [0.2, 0.25) is 5.02 Å². The molecule has 0 unspecified atom stereocenters. The Morgan fingerprint density at radius 3 is 2.76 bits per heavy atom. The minimum absolute atomic E-state index is 0.103. The lowest BCUT2D eigenvalue weighted by Gasteiger charge is -2.12. The first-order chi connectivity index (χ1) is 10.2.